The zero-order valence-electron chi connectivity index (χ0n) is 18.0. The molecule has 1 saturated heterocycles. The highest BCUT2D eigenvalue weighted by molar-refractivity contribution is 5.81. The molecular weight excluding hydrogens is 400 g/mol. The first-order valence-corrected chi connectivity index (χ1v) is 11.5. The zero-order chi connectivity index (χ0) is 21.7. The van der Waals surface area contributed by atoms with Gasteiger partial charge in [0.2, 0.25) is 5.91 Å². The lowest BCUT2D eigenvalue weighted by Crippen LogP contribution is -2.31. The smallest absolute Gasteiger partial charge is 0.342 e. The number of carbonyl (C=O) groups excluding carboxylic acids is 1. The summed E-state index contributed by atoms with van der Waals surface area (Å²) in [6.45, 7) is 2.11. The molecule has 1 saturated carbocycles. The van der Waals surface area contributed by atoms with E-state index in [0.717, 1.165) is 49.9 Å². The van der Waals surface area contributed by atoms with Crippen molar-refractivity contribution in [3.63, 3.8) is 0 Å². The Hall–Kier alpha value is -3.41. The third-order valence-corrected chi connectivity index (χ3v) is 6.98. The van der Waals surface area contributed by atoms with Gasteiger partial charge in [0.15, 0.2) is 5.82 Å². The summed E-state index contributed by atoms with van der Waals surface area (Å²) in [7, 11) is 0. The highest BCUT2D eigenvalue weighted by atomic mass is 16.2. The summed E-state index contributed by atoms with van der Waals surface area (Å²) in [4.78, 5) is 26.8. The minimum Gasteiger partial charge on any atom is -0.342 e. The van der Waals surface area contributed by atoms with E-state index in [4.69, 9.17) is 0 Å². The Labute approximate surface area is 186 Å². The minimum atomic E-state index is -0.193. The standard InChI is InChI=1S/C26H26N4O2/c31-25(21-9-10-21)29-13-12-17(15-29)16-30-24(27-28-26(30)32)20-7-4-19(5-8-20)23-11-6-18-2-1-3-22(18)14-23/h1,3-8,11,14,17,21H,2,9-10,12-13,15-16H2,(H,28,32)/t17-/m1/s1. The van der Waals surface area contributed by atoms with Gasteiger partial charge in [0, 0.05) is 31.1 Å². The fourth-order valence-corrected chi connectivity index (χ4v) is 4.98. The normalized spacial score (nSPS) is 19.5. The van der Waals surface area contributed by atoms with E-state index in [-0.39, 0.29) is 17.5 Å². The quantitative estimate of drug-likeness (QED) is 0.676. The lowest BCUT2D eigenvalue weighted by Gasteiger charge is -2.16. The molecule has 1 aromatic heterocycles. The van der Waals surface area contributed by atoms with Crippen molar-refractivity contribution in [3.05, 3.63) is 70.2 Å². The van der Waals surface area contributed by atoms with Gasteiger partial charge >= 0.3 is 5.69 Å². The molecule has 2 fully saturated rings. The van der Waals surface area contributed by atoms with E-state index in [1.807, 2.05) is 17.0 Å². The Morgan fingerprint density at radius 1 is 1.03 bits per heavy atom. The summed E-state index contributed by atoms with van der Waals surface area (Å²) in [5.74, 6) is 1.49. The van der Waals surface area contributed by atoms with Gasteiger partial charge in [-0.25, -0.2) is 9.89 Å². The third kappa shape index (κ3) is 3.49. The molecular formula is C26H26N4O2. The number of nitrogens with zero attached hydrogens (tertiary/aromatic N) is 3. The monoisotopic (exact) mass is 426 g/mol. The molecule has 1 N–H and O–H groups in total. The van der Waals surface area contributed by atoms with Crippen LogP contribution in [0.25, 0.3) is 28.6 Å². The van der Waals surface area contributed by atoms with E-state index in [2.05, 4.69) is 52.7 Å². The number of amides is 1. The summed E-state index contributed by atoms with van der Waals surface area (Å²) < 4.78 is 1.73. The lowest BCUT2D eigenvalue weighted by molar-refractivity contribution is -0.131. The van der Waals surface area contributed by atoms with Crippen LogP contribution in [0.4, 0.5) is 0 Å². The van der Waals surface area contributed by atoms with Crippen LogP contribution in [-0.4, -0.2) is 38.7 Å². The molecule has 2 aliphatic carbocycles. The molecule has 2 aromatic carbocycles. The number of hydrogen-bond donors (Lipinski definition) is 1. The molecule has 3 aliphatic rings. The Morgan fingerprint density at radius 3 is 2.62 bits per heavy atom. The van der Waals surface area contributed by atoms with Crippen molar-refractivity contribution < 1.29 is 4.79 Å². The molecule has 1 amide bonds. The van der Waals surface area contributed by atoms with E-state index < -0.39 is 0 Å². The van der Waals surface area contributed by atoms with Crippen LogP contribution in [0.3, 0.4) is 0 Å². The summed E-state index contributed by atoms with van der Waals surface area (Å²) in [6, 6.07) is 14.8. The second-order valence-corrected chi connectivity index (χ2v) is 9.27. The number of likely N-dealkylation sites (tertiary alicyclic amines) is 1. The predicted octanol–water partition coefficient (Wildman–Crippen LogP) is 3.73. The maximum atomic E-state index is 12.5. The Kier molecular flexibility index (Phi) is 4.59. The van der Waals surface area contributed by atoms with Gasteiger partial charge in [0.05, 0.1) is 0 Å². The number of hydrogen-bond acceptors (Lipinski definition) is 3. The Bertz CT molecular complexity index is 1260. The SMILES string of the molecule is O=C(C1CC1)N1CC[C@@H](Cn2c(-c3ccc(-c4ccc5c(c4)C=CC5)cc3)n[nH]c2=O)C1. The van der Waals surface area contributed by atoms with Crippen molar-refractivity contribution in [1.82, 2.24) is 19.7 Å². The van der Waals surface area contributed by atoms with Gasteiger partial charge < -0.3 is 4.90 Å². The van der Waals surface area contributed by atoms with E-state index in [0.29, 0.717) is 18.3 Å². The molecule has 0 radical (unpaired) electrons. The second-order valence-electron chi connectivity index (χ2n) is 9.27. The van der Waals surface area contributed by atoms with E-state index in [1.165, 1.54) is 16.7 Å². The van der Waals surface area contributed by atoms with Gasteiger partial charge in [0.1, 0.15) is 0 Å². The molecule has 2 heterocycles. The van der Waals surface area contributed by atoms with Crippen LogP contribution in [0.2, 0.25) is 0 Å². The molecule has 6 nitrogen and oxygen atoms in total. The second kappa shape index (κ2) is 7.62. The van der Waals surface area contributed by atoms with Gasteiger partial charge in [-0.2, -0.15) is 5.10 Å². The number of H-pyrrole nitrogens is 1. The highest BCUT2D eigenvalue weighted by Crippen LogP contribution is 2.33. The van der Waals surface area contributed by atoms with Gasteiger partial charge in [-0.3, -0.25) is 9.36 Å². The van der Waals surface area contributed by atoms with Crippen LogP contribution in [0.1, 0.15) is 30.4 Å². The topological polar surface area (TPSA) is 71.0 Å². The summed E-state index contributed by atoms with van der Waals surface area (Å²) in [5, 5.41) is 6.92. The fraction of sp³-hybridized carbons (Fsp3) is 0.346. The van der Waals surface area contributed by atoms with Crippen LogP contribution >= 0.6 is 0 Å². The summed E-state index contributed by atoms with van der Waals surface area (Å²) in [6.07, 6.45) is 8.38. The molecule has 1 aliphatic heterocycles. The van der Waals surface area contributed by atoms with E-state index in [1.54, 1.807) is 4.57 Å². The Balaban J connectivity index is 1.21. The number of fused-ring (bicyclic) bond motifs is 1. The first-order valence-electron chi connectivity index (χ1n) is 11.5. The first-order chi connectivity index (χ1) is 15.7. The lowest BCUT2D eigenvalue weighted by atomic mass is 9.99. The van der Waals surface area contributed by atoms with Gasteiger partial charge in [-0.15, -0.1) is 0 Å². The van der Waals surface area contributed by atoms with Crippen molar-refractivity contribution in [2.24, 2.45) is 11.8 Å². The number of nitrogens with one attached hydrogen (secondary N) is 1. The van der Waals surface area contributed by atoms with Crippen molar-refractivity contribution in [3.8, 4) is 22.5 Å². The van der Waals surface area contributed by atoms with Gasteiger partial charge in [-0.05, 0) is 59.9 Å². The fourth-order valence-electron chi connectivity index (χ4n) is 4.98. The van der Waals surface area contributed by atoms with Crippen molar-refractivity contribution in [1.29, 1.82) is 0 Å². The van der Waals surface area contributed by atoms with Crippen molar-refractivity contribution >= 4 is 12.0 Å². The molecule has 6 heteroatoms. The number of allylic oxidation sites excluding steroid dienone is 1. The van der Waals surface area contributed by atoms with Gasteiger partial charge in [0.25, 0.3) is 0 Å². The van der Waals surface area contributed by atoms with Crippen LogP contribution in [0.5, 0.6) is 0 Å². The molecule has 1 atom stereocenters. The third-order valence-electron chi connectivity index (χ3n) is 6.98. The maximum absolute atomic E-state index is 12.5. The van der Waals surface area contributed by atoms with Crippen molar-refractivity contribution in [2.45, 2.75) is 32.2 Å². The largest absolute Gasteiger partial charge is 0.343 e. The van der Waals surface area contributed by atoms with Crippen LogP contribution in [0, 0.1) is 11.8 Å². The molecule has 162 valence electrons. The van der Waals surface area contributed by atoms with Gasteiger partial charge in [-0.1, -0.05) is 48.6 Å². The molecule has 0 bridgehead atoms. The molecule has 32 heavy (non-hydrogen) atoms. The number of benzene rings is 2. The average Bonchev–Trinajstić information content (AvgIpc) is 3.21. The highest BCUT2D eigenvalue weighted by Gasteiger charge is 2.36. The predicted molar refractivity (Wildman–Crippen MR) is 124 cm³/mol. The number of aromatic amines is 1. The molecule has 3 aromatic rings. The van der Waals surface area contributed by atoms with Crippen LogP contribution < -0.4 is 5.69 Å². The number of aromatic nitrogens is 3. The zero-order valence-corrected chi connectivity index (χ0v) is 18.0. The average molecular weight is 427 g/mol. The van der Waals surface area contributed by atoms with Crippen molar-refractivity contribution in [2.75, 3.05) is 13.1 Å². The number of rotatable bonds is 5. The molecule has 0 unspecified atom stereocenters. The molecule has 0 spiro atoms. The maximum Gasteiger partial charge on any atom is 0.343 e. The summed E-state index contributed by atoms with van der Waals surface area (Å²) in [5.41, 5.74) is 5.71. The van der Waals surface area contributed by atoms with E-state index >= 15 is 0 Å². The Morgan fingerprint density at radius 2 is 1.81 bits per heavy atom. The van der Waals surface area contributed by atoms with Crippen LogP contribution in [-0.2, 0) is 17.8 Å². The minimum absolute atomic E-state index is 0.193. The number of carbonyl (C=O) groups is 1. The summed E-state index contributed by atoms with van der Waals surface area (Å²) >= 11 is 0. The first kappa shape index (κ1) is 19.3. The van der Waals surface area contributed by atoms with E-state index in [9.17, 15) is 9.59 Å². The molecule has 6 rings (SSSR count). The van der Waals surface area contributed by atoms with Crippen LogP contribution in [0.15, 0.2) is 53.3 Å².